The van der Waals surface area contributed by atoms with Gasteiger partial charge < -0.3 is 20.9 Å². The third kappa shape index (κ3) is 3.97. The predicted octanol–water partition coefficient (Wildman–Crippen LogP) is 3.30. The molecule has 6 nitrogen and oxygen atoms in total. The fraction of sp³-hybridized carbons (Fsp3) is 0.182. The largest absolute Gasteiger partial charge is 0.366 e. The summed E-state index contributed by atoms with van der Waals surface area (Å²) in [5.41, 5.74) is 10.3. The minimum Gasteiger partial charge on any atom is -0.366 e. The van der Waals surface area contributed by atoms with Crippen molar-refractivity contribution in [3.05, 3.63) is 65.9 Å². The van der Waals surface area contributed by atoms with Gasteiger partial charge in [0.15, 0.2) is 0 Å². The minimum absolute atomic E-state index is 0.169. The molecule has 0 saturated carbocycles. The number of aromatic amines is 1. The second-order valence-electron chi connectivity index (χ2n) is 6.92. The Kier molecular flexibility index (Phi) is 5.61. The molecule has 2 aromatic carbocycles. The number of anilines is 1. The van der Waals surface area contributed by atoms with Gasteiger partial charge >= 0.3 is 0 Å². The van der Waals surface area contributed by atoms with Gasteiger partial charge in [-0.3, -0.25) is 9.59 Å². The molecule has 6 heteroatoms. The smallest absolute Gasteiger partial charge is 0.250 e. The van der Waals surface area contributed by atoms with Crippen molar-refractivity contribution in [1.82, 2.24) is 9.88 Å². The van der Waals surface area contributed by atoms with E-state index in [4.69, 9.17) is 5.73 Å². The molecule has 3 aromatic rings. The Hall–Kier alpha value is -3.38. The molecule has 0 radical (unpaired) electrons. The molecule has 0 atom stereocenters. The van der Waals surface area contributed by atoms with Gasteiger partial charge in [-0.2, -0.15) is 0 Å². The van der Waals surface area contributed by atoms with Crippen LogP contribution in [-0.2, 0) is 4.79 Å². The zero-order valence-corrected chi connectivity index (χ0v) is 16.2. The molecule has 0 aliphatic rings. The number of hydrogen-bond acceptors (Lipinski definition) is 3. The summed E-state index contributed by atoms with van der Waals surface area (Å²) in [6, 6.07) is 11.3. The van der Waals surface area contributed by atoms with Crippen molar-refractivity contribution in [1.29, 1.82) is 0 Å². The van der Waals surface area contributed by atoms with E-state index in [1.54, 1.807) is 12.3 Å². The fourth-order valence-electron chi connectivity index (χ4n) is 3.20. The summed E-state index contributed by atoms with van der Waals surface area (Å²) in [6.07, 6.45) is 5.15. The van der Waals surface area contributed by atoms with Crippen molar-refractivity contribution in [2.75, 3.05) is 26.0 Å². The Morgan fingerprint density at radius 2 is 1.93 bits per heavy atom. The summed E-state index contributed by atoms with van der Waals surface area (Å²) >= 11 is 0. The molecular formula is C22H24N4O2. The van der Waals surface area contributed by atoms with E-state index in [9.17, 15) is 9.59 Å². The summed E-state index contributed by atoms with van der Waals surface area (Å²) in [7, 11) is 3.89. The van der Waals surface area contributed by atoms with Crippen molar-refractivity contribution in [3.8, 4) is 11.1 Å². The van der Waals surface area contributed by atoms with Crippen LogP contribution in [0.5, 0.6) is 0 Å². The number of rotatable bonds is 6. The second-order valence-corrected chi connectivity index (χ2v) is 6.92. The second kappa shape index (κ2) is 8.10. The van der Waals surface area contributed by atoms with E-state index in [2.05, 4.69) is 10.3 Å². The summed E-state index contributed by atoms with van der Waals surface area (Å²) in [5, 5.41) is 3.85. The van der Waals surface area contributed by atoms with E-state index < -0.39 is 5.91 Å². The molecule has 0 spiro atoms. The molecule has 1 aromatic heterocycles. The molecule has 0 aliphatic carbocycles. The molecule has 4 N–H and O–H groups in total. The van der Waals surface area contributed by atoms with Gasteiger partial charge in [0, 0.05) is 29.9 Å². The van der Waals surface area contributed by atoms with Crippen LogP contribution in [0.1, 0.15) is 15.9 Å². The first kappa shape index (κ1) is 19.4. The number of nitrogens with zero attached hydrogens (tertiary/aromatic N) is 1. The van der Waals surface area contributed by atoms with Crippen molar-refractivity contribution < 1.29 is 9.59 Å². The predicted molar refractivity (Wildman–Crippen MR) is 113 cm³/mol. The Balaban J connectivity index is 1.96. The first-order chi connectivity index (χ1) is 13.4. The average molecular weight is 376 g/mol. The van der Waals surface area contributed by atoms with Crippen molar-refractivity contribution >= 4 is 28.4 Å². The first-order valence-corrected chi connectivity index (χ1v) is 9.00. The van der Waals surface area contributed by atoms with Crippen molar-refractivity contribution in [2.24, 2.45) is 5.73 Å². The number of amides is 2. The van der Waals surface area contributed by atoms with E-state index in [0.29, 0.717) is 17.6 Å². The molecule has 1 heterocycles. The van der Waals surface area contributed by atoms with Crippen molar-refractivity contribution in [2.45, 2.75) is 6.92 Å². The summed E-state index contributed by atoms with van der Waals surface area (Å²) in [6.45, 7) is 2.67. The number of benzene rings is 2. The molecule has 0 aliphatic heterocycles. The highest BCUT2D eigenvalue weighted by Crippen LogP contribution is 2.34. The van der Waals surface area contributed by atoms with Gasteiger partial charge in [-0.15, -0.1) is 0 Å². The number of aromatic nitrogens is 1. The van der Waals surface area contributed by atoms with Crippen LogP contribution in [0.15, 0.2) is 54.7 Å². The molecular weight excluding hydrogens is 352 g/mol. The van der Waals surface area contributed by atoms with E-state index in [-0.39, 0.29) is 5.91 Å². The SMILES string of the molecule is Cc1c(NC(=O)/C=C/CN(C)C)cccc1-c1ccc(C(N)=O)c2[nH]ccc12. The third-order valence-electron chi connectivity index (χ3n) is 4.61. The van der Waals surface area contributed by atoms with Crippen LogP contribution < -0.4 is 11.1 Å². The van der Waals surface area contributed by atoms with Crippen LogP contribution in [0.2, 0.25) is 0 Å². The van der Waals surface area contributed by atoms with Crippen molar-refractivity contribution in [3.63, 3.8) is 0 Å². The number of nitrogens with one attached hydrogen (secondary N) is 2. The highest BCUT2D eigenvalue weighted by Gasteiger charge is 2.15. The van der Waals surface area contributed by atoms with Gasteiger partial charge in [0.25, 0.3) is 5.91 Å². The first-order valence-electron chi connectivity index (χ1n) is 9.00. The molecule has 0 saturated heterocycles. The molecule has 144 valence electrons. The van der Waals surface area contributed by atoms with Gasteiger partial charge in [-0.25, -0.2) is 0 Å². The van der Waals surface area contributed by atoms with Gasteiger partial charge in [0.1, 0.15) is 0 Å². The quantitative estimate of drug-likeness (QED) is 0.577. The van der Waals surface area contributed by atoms with E-state index in [0.717, 1.165) is 27.8 Å². The lowest BCUT2D eigenvalue weighted by Gasteiger charge is -2.14. The summed E-state index contributed by atoms with van der Waals surface area (Å²) in [4.78, 5) is 29.0. The Bertz CT molecular complexity index is 1060. The molecule has 3 rings (SSSR count). The molecule has 0 unspecified atom stereocenters. The molecule has 0 fully saturated rings. The van der Waals surface area contributed by atoms with Crippen LogP contribution >= 0.6 is 0 Å². The Labute approximate surface area is 164 Å². The minimum atomic E-state index is -0.471. The maximum atomic E-state index is 12.2. The maximum Gasteiger partial charge on any atom is 0.250 e. The maximum absolute atomic E-state index is 12.2. The van der Waals surface area contributed by atoms with Gasteiger partial charge in [-0.05, 0) is 55.9 Å². The van der Waals surface area contributed by atoms with Crippen LogP contribution in [0.3, 0.4) is 0 Å². The third-order valence-corrected chi connectivity index (χ3v) is 4.61. The van der Waals surface area contributed by atoms with Gasteiger partial charge in [-0.1, -0.05) is 24.3 Å². The number of H-pyrrole nitrogens is 1. The number of primary amides is 1. The molecule has 0 bridgehead atoms. The number of hydrogen-bond donors (Lipinski definition) is 3. The number of carbonyl (C=O) groups is 2. The van der Waals surface area contributed by atoms with Crippen LogP contribution in [-0.4, -0.2) is 42.3 Å². The monoisotopic (exact) mass is 376 g/mol. The topological polar surface area (TPSA) is 91.2 Å². The standard InChI is InChI=1S/C22H24N4O2/c1-14-15(6-4-7-19(14)25-20(27)8-5-13-26(2)3)16-9-10-18(22(23)28)21-17(16)11-12-24-21/h4-12,24H,13H2,1-3H3,(H2,23,28)(H,25,27)/b8-5+. The highest BCUT2D eigenvalue weighted by atomic mass is 16.1. The van der Waals surface area contributed by atoms with E-state index >= 15 is 0 Å². The molecule has 28 heavy (non-hydrogen) atoms. The zero-order chi connectivity index (χ0) is 20.3. The van der Waals surface area contributed by atoms with Crippen LogP contribution in [0.4, 0.5) is 5.69 Å². The summed E-state index contributed by atoms with van der Waals surface area (Å²) < 4.78 is 0. The number of fused-ring (bicyclic) bond motifs is 1. The van der Waals surface area contributed by atoms with Gasteiger partial charge in [0.05, 0.1) is 11.1 Å². The van der Waals surface area contributed by atoms with Crippen LogP contribution in [0, 0.1) is 6.92 Å². The fourth-order valence-corrected chi connectivity index (χ4v) is 3.20. The number of nitrogens with two attached hydrogens (primary N) is 1. The van der Waals surface area contributed by atoms with E-state index in [1.807, 2.05) is 62.3 Å². The Morgan fingerprint density at radius 1 is 1.14 bits per heavy atom. The lowest BCUT2D eigenvalue weighted by molar-refractivity contribution is -0.111. The normalized spacial score (nSPS) is 11.4. The average Bonchev–Trinajstić information content (AvgIpc) is 3.12. The zero-order valence-electron chi connectivity index (χ0n) is 16.2. The highest BCUT2D eigenvalue weighted by molar-refractivity contribution is 6.09. The number of likely N-dealkylation sites (N-methyl/N-ethyl adjacent to an activating group) is 1. The molecule has 2 amide bonds. The number of carbonyl (C=O) groups excluding carboxylic acids is 2. The van der Waals surface area contributed by atoms with Gasteiger partial charge in [0.2, 0.25) is 5.91 Å². The van der Waals surface area contributed by atoms with Crippen LogP contribution in [0.25, 0.3) is 22.0 Å². The summed E-state index contributed by atoms with van der Waals surface area (Å²) in [5.74, 6) is -0.640. The van der Waals surface area contributed by atoms with E-state index in [1.165, 1.54) is 6.08 Å². The lowest BCUT2D eigenvalue weighted by atomic mass is 9.94. The lowest BCUT2D eigenvalue weighted by Crippen LogP contribution is -2.13. The Morgan fingerprint density at radius 3 is 2.64 bits per heavy atom.